The van der Waals surface area contributed by atoms with E-state index in [1.54, 1.807) is 0 Å². The molecule has 2 N–H and O–H groups in total. The van der Waals surface area contributed by atoms with Gasteiger partial charge in [-0.25, -0.2) is 0 Å². The van der Waals surface area contributed by atoms with Crippen LogP contribution in [0.15, 0.2) is 0 Å². The number of carbonyl (C=O) groups is 1. The minimum absolute atomic E-state index is 0.208. The van der Waals surface area contributed by atoms with Crippen molar-refractivity contribution in [2.75, 3.05) is 39.3 Å². The number of nitrogens with one attached hydrogen (secondary N) is 2. The number of hydrogen-bond donors (Lipinski definition) is 2. The van der Waals surface area contributed by atoms with Gasteiger partial charge in [-0.1, -0.05) is 26.2 Å². The lowest BCUT2D eigenvalue weighted by Crippen LogP contribution is -2.44. The number of rotatable bonds is 8. The lowest BCUT2D eigenvalue weighted by molar-refractivity contribution is -0.121. The average Bonchev–Trinajstić information content (AvgIpc) is 2.37. The summed E-state index contributed by atoms with van der Waals surface area (Å²) < 4.78 is 0. The van der Waals surface area contributed by atoms with E-state index in [1.165, 1.54) is 19.3 Å². The first-order chi connectivity index (χ1) is 8.33. The van der Waals surface area contributed by atoms with E-state index in [0.717, 1.165) is 45.7 Å². The smallest absolute Gasteiger partial charge is 0.221 e. The molecule has 4 heteroatoms. The Morgan fingerprint density at radius 2 is 2.00 bits per heavy atom. The number of carbonyl (C=O) groups excluding carboxylic acids is 1. The predicted octanol–water partition coefficient (Wildman–Crippen LogP) is 0.978. The van der Waals surface area contributed by atoms with Gasteiger partial charge in [-0.05, 0) is 6.42 Å². The molecule has 0 saturated carbocycles. The Kier molecular flexibility index (Phi) is 8.01. The van der Waals surface area contributed by atoms with Crippen LogP contribution in [0, 0.1) is 0 Å². The van der Waals surface area contributed by atoms with E-state index in [9.17, 15) is 4.79 Å². The minimum atomic E-state index is 0.208. The molecule has 1 heterocycles. The van der Waals surface area contributed by atoms with Gasteiger partial charge in [-0.3, -0.25) is 4.79 Å². The van der Waals surface area contributed by atoms with Crippen LogP contribution in [0.1, 0.15) is 39.0 Å². The van der Waals surface area contributed by atoms with E-state index in [4.69, 9.17) is 0 Å². The molecule has 0 spiro atoms. The highest BCUT2D eigenvalue weighted by Crippen LogP contribution is 1.98. The van der Waals surface area contributed by atoms with E-state index in [2.05, 4.69) is 22.5 Å². The monoisotopic (exact) mass is 241 g/mol. The second-order valence-electron chi connectivity index (χ2n) is 4.75. The van der Waals surface area contributed by atoms with Gasteiger partial charge in [0.25, 0.3) is 0 Å². The van der Waals surface area contributed by atoms with Crippen molar-refractivity contribution in [2.45, 2.75) is 39.0 Å². The maximum absolute atomic E-state index is 11.6. The molecule has 17 heavy (non-hydrogen) atoms. The quantitative estimate of drug-likeness (QED) is 0.623. The molecule has 1 saturated heterocycles. The first-order valence-electron chi connectivity index (χ1n) is 7.02. The Hall–Kier alpha value is -0.610. The molecule has 0 atom stereocenters. The van der Waals surface area contributed by atoms with Gasteiger partial charge in [0, 0.05) is 45.7 Å². The third kappa shape index (κ3) is 7.34. The van der Waals surface area contributed by atoms with Crippen LogP contribution in [0.4, 0.5) is 0 Å². The highest BCUT2D eigenvalue weighted by atomic mass is 16.1. The van der Waals surface area contributed by atoms with Gasteiger partial charge in [0.2, 0.25) is 5.91 Å². The van der Waals surface area contributed by atoms with Crippen molar-refractivity contribution < 1.29 is 4.79 Å². The van der Waals surface area contributed by atoms with Crippen LogP contribution in [0.3, 0.4) is 0 Å². The van der Waals surface area contributed by atoms with Gasteiger partial charge < -0.3 is 15.5 Å². The summed E-state index contributed by atoms with van der Waals surface area (Å²) in [7, 11) is 0. The van der Waals surface area contributed by atoms with Gasteiger partial charge in [0.15, 0.2) is 0 Å². The number of unbranched alkanes of at least 4 members (excludes halogenated alkanes) is 3. The molecule has 0 aromatic heterocycles. The molecule has 100 valence electrons. The van der Waals surface area contributed by atoms with Crippen molar-refractivity contribution in [2.24, 2.45) is 0 Å². The van der Waals surface area contributed by atoms with Crippen molar-refractivity contribution in [1.29, 1.82) is 0 Å². The van der Waals surface area contributed by atoms with E-state index in [1.807, 2.05) is 0 Å². The molecule has 1 rings (SSSR count). The van der Waals surface area contributed by atoms with E-state index in [0.29, 0.717) is 6.42 Å². The third-order valence-corrected chi connectivity index (χ3v) is 3.22. The molecule has 0 aromatic rings. The normalized spacial score (nSPS) is 17.0. The Bertz CT molecular complexity index is 203. The highest BCUT2D eigenvalue weighted by molar-refractivity contribution is 5.75. The summed E-state index contributed by atoms with van der Waals surface area (Å²) in [5, 5.41) is 6.31. The molecule has 1 aliphatic rings. The van der Waals surface area contributed by atoms with Crippen LogP contribution in [0.25, 0.3) is 0 Å². The van der Waals surface area contributed by atoms with Crippen molar-refractivity contribution in [3.8, 4) is 0 Å². The van der Waals surface area contributed by atoms with Crippen molar-refractivity contribution in [1.82, 2.24) is 15.5 Å². The topological polar surface area (TPSA) is 44.4 Å². The van der Waals surface area contributed by atoms with Crippen LogP contribution >= 0.6 is 0 Å². The van der Waals surface area contributed by atoms with Crippen LogP contribution in [0.2, 0.25) is 0 Å². The summed E-state index contributed by atoms with van der Waals surface area (Å²) in [4.78, 5) is 13.9. The molecule has 0 aliphatic carbocycles. The lowest BCUT2D eigenvalue weighted by Gasteiger charge is -2.26. The molecular weight excluding hydrogens is 214 g/mol. The fourth-order valence-corrected chi connectivity index (χ4v) is 2.06. The van der Waals surface area contributed by atoms with Crippen LogP contribution in [-0.4, -0.2) is 50.1 Å². The fraction of sp³-hybridized carbons (Fsp3) is 0.923. The fourth-order valence-electron chi connectivity index (χ4n) is 2.06. The molecule has 0 bridgehead atoms. The zero-order valence-electron chi connectivity index (χ0n) is 11.1. The van der Waals surface area contributed by atoms with Gasteiger partial charge in [0.05, 0.1) is 0 Å². The minimum Gasteiger partial charge on any atom is -0.356 e. The molecule has 0 aromatic carbocycles. The Morgan fingerprint density at radius 3 is 2.71 bits per heavy atom. The molecule has 0 radical (unpaired) electrons. The first kappa shape index (κ1) is 14.5. The van der Waals surface area contributed by atoms with Gasteiger partial charge in [-0.2, -0.15) is 0 Å². The first-order valence-corrected chi connectivity index (χ1v) is 7.02. The predicted molar refractivity (Wildman–Crippen MR) is 71.1 cm³/mol. The summed E-state index contributed by atoms with van der Waals surface area (Å²) in [5.74, 6) is 0.208. The molecular formula is C13H27N3O. The third-order valence-electron chi connectivity index (χ3n) is 3.22. The number of piperazine rings is 1. The lowest BCUT2D eigenvalue weighted by atomic mass is 10.2. The molecule has 1 aliphatic heterocycles. The summed E-state index contributed by atoms with van der Waals surface area (Å²) in [5.41, 5.74) is 0. The molecule has 1 fully saturated rings. The van der Waals surface area contributed by atoms with Gasteiger partial charge in [-0.15, -0.1) is 0 Å². The van der Waals surface area contributed by atoms with Crippen LogP contribution < -0.4 is 10.6 Å². The molecule has 0 unspecified atom stereocenters. The zero-order valence-corrected chi connectivity index (χ0v) is 11.1. The highest BCUT2D eigenvalue weighted by Gasteiger charge is 2.10. The van der Waals surface area contributed by atoms with Gasteiger partial charge >= 0.3 is 0 Å². The summed E-state index contributed by atoms with van der Waals surface area (Å²) >= 11 is 0. The summed E-state index contributed by atoms with van der Waals surface area (Å²) in [6.07, 6.45) is 5.52. The van der Waals surface area contributed by atoms with E-state index in [-0.39, 0.29) is 5.91 Å². The van der Waals surface area contributed by atoms with E-state index < -0.39 is 0 Å². The second kappa shape index (κ2) is 9.42. The summed E-state index contributed by atoms with van der Waals surface area (Å²) in [6.45, 7) is 8.21. The van der Waals surface area contributed by atoms with Crippen molar-refractivity contribution in [3.05, 3.63) is 0 Å². The Morgan fingerprint density at radius 1 is 1.24 bits per heavy atom. The Balaban J connectivity index is 1.93. The standard InChI is InChI=1S/C13H27N3O/c1-2-3-4-5-7-15-13(17)6-10-16-11-8-14-9-12-16/h14H,2-12H2,1H3,(H,15,17). The van der Waals surface area contributed by atoms with Crippen LogP contribution in [-0.2, 0) is 4.79 Å². The SMILES string of the molecule is CCCCCCNC(=O)CCN1CCNCC1. The van der Waals surface area contributed by atoms with Gasteiger partial charge in [0.1, 0.15) is 0 Å². The maximum atomic E-state index is 11.6. The van der Waals surface area contributed by atoms with Crippen LogP contribution in [0.5, 0.6) is 0 Å². The number of hydrogen-bond acceptors (Lipinski definition) is 3. The molecule has 1 amide bonds. The summed E-state index contributed by atoms with van der Waals surface area (Å²) in [6, 6.07) is 0. The average molecular weight is 241 g/mol. The maximum Gasteiger partial charge on any atom is 0.221 e. The zero-order chi connectivity index (χ0) is 12.3. The Labute approximate surface area is 105 Å². The largest absolute Gasteiger partial charge is 0.356 e. The second-order valence-corrected chi connectivity index (χ2v) is 4.75. The molecule has 4 nitrogen and oxygen atoms in total. The van der Waals surface area contributed by atoms with Crippen molar-refractivity contribution in [3.63, 3.8) is 0 Å². The number of nitrogens with zero attached hydrogens (tertiary/aromatic N) is 1. The van der Waals surface area contributed by atoms with Crippen molar-refractivity contribution >= 4 is 5.91 Å². The number of amides is 1. The van der Waals surface area contributed by atoms with E-state index >= 15 is 0 Å².